The molecule has 0 spiro atoms. The minimum absolute atomic E-state index is 0.385. The Balaban J connectivity index is 2.99. The standard InChI is InChI=1S/C4H8BrNO2/c1-8-4(7)6-3-2-5/h2-3H2,1H3,(H,6,7). The monoisotopic (exact) mass is 181 g/mol. The molecule has 0 unspecified atom stereocenters. The number of hydrogen-bond donors (Lipinski definition) is 1. The third-order valence-corrected chi connectivity index (χ3v) is 0.946. The van der Waals surface area contributed by atoms with Crippen molar-refractivity contribution in [1.29, 1.82) is 0 Å². The summed E-state index contributed by atoms with van der Waals surface area (Å²) < 4.78 is 4.28. The van der Waals surface area contributed by atoms with Crippen LogP contribution >= 0.6 is 15.9 Å². The van der Waals surface area contributed by atoms with Gasteiger partial charge in [0.1, 0.15) is 0 Å². The smallest absolute Gasteiger partial charge is 0.406 e. The van der Waals surface area contributed by atoms with E-state index in [9.17, 15) is 4.79 Å². The van der Waals surface area contributed by atoms with Crippen LogP contribution in [0.15, 0.2) is 0 Å². The predicted molar refractivity (Wildman–Crippen MR) is 34.2 cm³/mol. The maximum Gasteiger partial charge on any atom is 0.406 e. The molecule has 1 amide bonds. The van der Waals surface area contributed by atoms with E-state index in [1.165, 1.54) is 7.11 Å². The SMILES string of the molecule is COC(=O)NCCBr. The third-order valence-electron chi connectivity index (χ3n) is 0.549. The molecule has 48 valence electrons. The topological polar surface area (TPSA) is 38.3 Å². The highest BCUT2D eigenvalue weighted by molar-refractivity contribution is 9.09. The van der Waals surface area contributed by atoms with Gasteiger partial charge >= 0.3 is 6.09 Å². The van der Waals surface area contributed by atoms with Gasteiger partial charge in [0.2, 0.25) is 0 Å². The number of hydrogen-bond acceptors (Lipinski definition) is 2. The van der Waals surface area contributed by atoms with Gasteiger partial charge in [-0.25, -0.2) is 4.79 Å². The zero-order valence-corrected chi connectivity index (χ0v) is 6.19. The molecule has 0 aromatic carbocycles. The van der Waals surface area contributed by atoms with Crippen molar-refractivity contribution in [3.05, 3.63) is 0 Å². The molecule has 0 saturated heterocycles. The van der Waals surface area contributed by atoms with Crippen molar-refractivity contribution < 1.29 is 9.53 Å². The van der Waals surface area contributed by atoms with Crippen LogP contribution in [0.25, 0.3) is 0 Å². The number of carbonyl (C=O) groups is 1. The number of alkyl carbamates (subject to hydrolysis) is 1. The second kappa shape index (κ2) is 4.90. The Morgan fingerprint density at radius 3 is 2.88 bits per heavy atom. The zero-order chi connectivity index (χ0) is 6.41. The second-order valence-corrected chi connectivity index (χ2v) is 1.90. The van der Waals surface area contributed by atoms with Crippen LogP contribution in [-0.2, 0) is 4.74 Å². The van der Waals surface area contributed by atoms with Crippen molar-refractivity contribution in [2.24, 2.45) is 0 Å². The molecule has 0 fully saturated rings. The van der Waals surface area contributed by atoms with Gasteiger partial charge in [-0.3, -0.25) is 0 Å². The number of halogens is 1. The van der Waals surface area contributed by atoms with E-state index < -0.39 is 0 Å². The fourth-order valence-corrected chi connectivity index (χ4v) is 0.420. The van der Waals surface area contributed by atoms with E-state index in [0.29, 0.717) is 6.54 Å². The van der Waals surface area contributed by atoms with E-state index in [2.05, 4.69) is 26.0 Å². The van der Waals surface area contributed by atoms with E-state index >= 15 is 0 Å². The molecule has 3 nitrogen and oxygen atoms in total. The fraction of sp³-hybridized carbons (Fsp3) is 0.750. The zero-order valence-electron chi connectivity index (χ0n) is 4.61. The Morgan fingerprint density at radius 1 is 1.88 bits per heavy atom. The van der Waals surface area contributed by atoms with E-state index in [4.69, 9.17) is 0 Å². The molecule has 0 aromatic heterocycles. The summed E-state index contributed by atoms with van der Waals surface area (Å²) in [6.07, 6.45) is -0.385. The van der Waals surface area contributed by atoms with E-state index in [1.807, 2.05) is 0 Å². The molecule has 0 radical (unpaired) electrons. The number of methoxy groups -OCH3 is 1. The largest absolute Gasteiger partial charge is 0.453 e. The summed E-state index contributed by atoms with van der Waals surface area (Å²) in [6.45, 7) is 0.604. The van der Waals surface area contributed by atoms with Crippen LogP contribution in [0.1, 0.15) is 0 Å². The maximum absolute atomic E-state index is 10.2. The Labute approximate surface area is 56.5 Å². The minimum atomic E-state index is -0.385. The average Bonchev–Trinajstić information content (AvgIpc) is 1.83. The quantitative estimate of drug-likeness (QED) is 0.639. The van der Waals surface area contributed by atoms with Crippen molar-refractivity contribution in [3.8, 4) is 0 Å². The molecule has 8 heavy (non-hydrogen) atoms. The summed E-state index contributed by atoms with van der Waals surface area (Å²) in [4.78, 5) is 10.2. The van der Waals surface area contributed by atoms with Gasteiger partial charge in [0.25, 0.3) is 0 Å². The summed E-state index contributed by atoms with van der Waals surface area (Å²) in [5.74, 6) is 0. The Kier molecular flexibility index (Phi) is 4.75. The van der Waals surface area contributed by atoms with Gasteiger partial charge < -0.3 is 10.1 Å². The normalized spacial score (nSPS) is 8.25. The third kappa shape index (κ3) is 3.92. The Morgan fingerprint density at radius 2 is 2.50 bits per heavy atom. The molecule has 0 rings (SSSR count). The Hall–Kier alpha value is -0.250. The number of amides is 1. The Bertz CT molecular complexity index is 76.4. The molecule has 0 aliphatic rings. The lowest BCUT2D eigenvalue weighted by Gasteiger charge is -1.97. The van der Waals surface area contributed by atoms with Crippen LogP contribution in [-0.4, -0.2) is 25.1 Å². The van der Waals surface area contributed by atoms with Crippen molar-refractivity contribution in [3.63, 3.8) is 0 Å². The number of carbonyl (C=O) groups excluding carboxylic acids is 1. The van der Waals surface area contributed by atoms with Gasteiger partial charge in [-0.15, -0.1) is 0 Å². The van der Waals surface area contributed by atoms with Crippen LogP contribution in [0.5, 0.6) is 0 Å². The second-order valence-electron chi connectivity index (χ2n) is 1.11. The van der Waals surface area contributed by atoms with Crippen molar-refractivity contribution in [1.82, 2.24) is 5.32 Å². The first-order valence-electron chi connectivity index (χ1n) is 2.19. The summed E-state index contributed by atoms with van der Waals surface area (Å²) in [5, 5.41) is 3.23. The van der Waals surface area contributed by atoms with Gasteiger partial charge in [0, 0.05) is 11.9 Å². The van der Waals surface area contributed by atoms with Gasteiger partial charge in [0.05, 0.1) is 7.11 Å². The molecule has 4 heteroatoms. The van der Waals surface area contributed by atoms with E-state index in [1.54, 1.807) is 0 Å². The van der Waals surface area contributed by atoms with Gasteiger partial charge in [-0.2, -0.15) is 0 Å². The number of alkyl halides is 1. The molecule has 0 aromatic rings. The molecule has 0 aliphatic carbocycles. The van der Waals surface area contributed by atoms with Crippen LogP contribution in [0.3, 0.4) is 0 Å². The lowest BCUT2D eigenvalue weighted by Crippen LogP contribution is -2.24. The van der Waals surface area contributed by atoms with Crippen LogP contribution < -0.4 is 5.32 Å². The van der Waals surface area contributed by atoms with Crippen LogP contribution in [0.4, 0.5) is 4.79 Å². The first kappa shape index (κ1) is 7.75. The van der Waals surface area contributed by atoms with Crippen molar-refractivity contribution in [2.45, 2.75) is 0 Å². The lowest BCUT2D eigenvalue weighted by atomic mass is 10.8. The fourth-order valence-electron chi connectivity index (χ4n) is 0.221. The highest BCUT2D eigenvalue weighted by Gasteiger charge is 1.92. The summed E-state index contributed by atoms with van der Waals surface area (Å²) in [6, 6.07) is 0. The first-order chi connectivity index (χ1) is 3.81. The first-order valence-corrected chi connectivity index (χ1v) is 3.31. The van der Waals surface area contributed by atoms with Crippen LogP contribution in [0, 0.1) is 0 Å². The van der Waals surface area contributed by atoms with Gasteiger partial charge in [0.15, 0.2) is 0 Å². The summed E-state index contributed by atoms with van der Waals surface area (Å²) >= 11 is 3.14. The molecule has 0 heterocycles. The highest BCUT2D eigenvalue weighted by atomic mass is 79.9. The molecular weight excluding hydrogens is 174 g/mol. The van der Waals surface area contributed by atoms with Gasteiger partial charge in [-0.1, -0.05) is 15.9 Å². The minimum Gasteiger partial charge on any atom is -0.453 e. The van der Waals surface area contributed by atoms with Crippen molar-refractivity contribution >= 4 is 22.0 Å². The number of nitrogens with one attached hydrogen (secondary N) is 1. The molecule has 1 N–H and O–H groups in total. The summed E-state index contributed by atoms with van der Waals surface area (Å²) in [5.41, 5.74) is 0. The lowest BCUT2D eigenvalue weighted by molar-refractivity contribution is 0.172. The van der Waals surface area contributed by atoms with Gasteiger partial charge in [-0.05, 0) is 0 Å². The number of rotatable bonds is 2. The average molecular weight is 182 g/mol. The molecule has 0 atom stereocenters. The highest BCUT2D eigenvalue weighted by Crippen LogP contribution is 1.75. The summed E-state index contributed by atoms with van der Waals surface area (Å²) in [7, 11) is 1.34. The maximum atomic E-state index is 10.2. The molecule has 0 saturated carbocycles. The van der Waals surface area contributed by atoms with Crippen molar-refractivity contribution in [2.75, 3.05) is 19.0 Å². The van der Waals surface area contributed by atoms with Crippen LogP contribution in [0.2, 0.25) is 0 Å². The molecular formula is C4H8BrNO2. The predicted octanol–water partition coefficient (Wildman–Crippen LogP) is 0.737. The number of ether oxygens (including phenoxy) is 1. The van der Waals surface area contributed by atoms with E-state index in [-0.39, 0.29) is 6.09 Å². The molecule has 0 bridgehead atoms. The molecule has 0 aliphatic heterocycles. The van der Waals surface area contributed by atoms with E-state index in [0.717, 1.165) is 5.33 Å².